The van der Waals surface area contributed by atoms with Gasteiger partial charge in [0.15, 0.2) is 0 Å². The molecule has 0 saturated carbocycles. The molecule has 1 aromatic rings. The summed E-state index contributed by atoms with van der Waals surface area (Å²) in [4.78, 5) is 0. The molecule has 0 spiro atoms. The van der Waals surface area contributed by atoms with Crippen molar-refractivity contribution >= 4 is 11.4 Å². The Morgan fingerprint density at radius 1 is 1.25 bits per heavy atom. The monoisotopic (exact) mass is 163 g/mol. The molecule has 0 radical (unpaired) electrons. The summed E-state index contributed by atoms with van der Waals surface area (Å²) in [6.07, 6.45) is 0. The summed E-state index contributed by atoms with van der Waals surface area (Å²) in [5.41, 5.74) is 9.13. The Morgan fingerprint density at radius 3 is 2.92 bits per heavy atom. The first-order valence-electron chi connectivity index (χ1n) is 4.21. The van der Waals surface area contributed by atoms with Crippen LogP contribution in [-0.2, 0) is 6.54 Å². The van der Waals surface area contributed by atoms with Crippen molar-refractivity contribution in [1.29, 1.82) is 0 Å². The van der Waals surface area contributed by atoms with Crippen LogP contribution in [0.2, 0.25) is 0 Å². The lowest BCUT2D eigenvalue weighted by Gasteiger charge is -2.22. The van der Waals surface area contributed by atoms with E-state index in [4.69, 9.17) is 5.73 Å². The minimum absolute atomic E-state index is 0.595. The minimum atomic E-state index is 0.595. The van der Waals surface area contributed by atoms with Crippen molar-refractivity contribution in [3.05, 3.63) is 23.8 Å². The third-order valence-electron chi connectivity index (χ3n) is 2.11. The van der Waals surface area contributed by atoms with Crippen molar-refractivity contribution in [3.63, 3.8) is 0 Å². The zero-order valence-electron chi connectivity index (χ0n) is 6.93. The van der Waals surface area contributed by atoms with E-state index in [9.17, 15) is 0 Å². The fraction of sp³-hybridized carbons (Fsp3) is 0.333. The first-order valence-corrected chi connectivity index (χ1v) is 4.21. The molecule has 0 fully saturated rings. The topological polar surface area (TPSA) is 50.1 Å². The maximum absolute atomic E-state index is 5.61. The summed E-state index contributed by atoms with van der Waals surface area (Å²) in [6, 6.07) is 6.15. The van der Waals surface area contributed by atoms with Gasteiger partial charge in [0.2, 0.25) is 0 Å². The molecule has 3 nitrogen and oxygen atoms in total. The highest BCUT2D eigenvalue weighted by Gasteiger charge is 2.09. The van der Waals surface area contributed by atoms with Crippen LogP contribution in [0.25, 0.3) is 0 Å². The van der Waals surface area contributed by atoms with Crippen LogP contribution in [0, 0.1) is 0 Å². The number of nitrogens with two attached hydrogens (primary N) is 1. The molecule has 0 aliphatic carbocycles. The Bertz CT molecular complexity index is 269. The average molecular weight is 163 g/mol. The van der Waals surface area contributed by atoms with Crippen LogP contribution < -0.4 is 16.4 Å². The lowest BCUT2D eigenvalue weighted by molar-refractivity contribution is 1.01. The normalized spacial score (nSPS) is 14.4. The second-order valence-corrected chi connectivity index (χ2v) is 2.90. The van der Waals surface area contributed by atoms with Gasteiger partial charge in [-0.1, -0.05) is 12.1 Å². The largest absolute Gasteiger partial charge is 0.382 e. The van der Waals surface area contributed by atoms with Gasteiger partial charge in [-0.3, -0.25) is 0 Å². The Kier molecular flexibility index (Phi) is 1.87. The van der Waals surface area contributed by atoms with E-state index in [-0.39, 0.29) is 0 Å². The van der Waals surface area contributed by atoms with Crippen molar-refractivity contribution in [2.24, 2.45) is 5.73 Å². The van der Waals surface area contributed by atoms with Gasteiger partial charge in [0.05, 0.1) is 11.4 Å². The van der Waals surface area contributed by atoms with Crippen molar-refractivity contribution < 1.29 is 0 Å². The van der Waals surface area contributed by atoms with Crippen LogP contribution in [0.3, 0.4) is 0 Å². The highest BCUT2D eigenvalue weighted by Crippen LogP contribution is 2.27. The molecule has 1 aliphatic heterocycles. The Balaban J connectivity index is 2.44. The van der Waals surface area contributed by atoms with E-state index in [1.54, 1.807) is 0 Å². The van der Waals surface area contributed by atoms with Gasteiger partial charge >= 0.3 is 0 Å². The molecule has 1 aromatic carbocycles. The van der Waals surface area contributed by atoms with E-state index >= 15 is 0 Å². The average Bonchev–Trinajstić information content (AvgIpc) is 2.17. The van der Waals surface area contributed by atoms with E-state index < -0.39 is 0 Å². The van der Waals surface area contributed by atoms with Gasteiger partial charge in [-0.2, -0.15) is 0 Å². The van der Waals surface area contributed by atoms with Crippen molar-refractivity contribution in [2.45, 2.75) is 6.54 Å². The van der Waals surface area contributed by atoms with Gasteiger partial charge in [-0.05, 0) is 11.6 Å². The van der Waals surface area contributed by atoms with E-state index in [2.05, 4.69) is 22.8 Å². The van der Waals surface area contributed by atoms with Crippen LogP contribution in [0.15, 0.2) is 18.2 Å². The number of para-hydroxylation sites is 1. The second-order valence-electron chi connectivity index (χ2n) is 2.90. The third-order valence-corrected chi connectivity index (χ3v) is 2.11. The molecular weight excluding hydrogens is 150 g/mol. The number of hydrogen-bond donors (Lipinski definition) is 3. The summed E-state index contributed by atoms with van der Waals surface area (Å²) in [5.74, 6) is 0. The predicted molar refractivity (Wildman–Crippen MR) is 51.3 cm³/mol. The number of anilines is 2. The smallest absolute Gasteiger partial charge is 0.0622 e. The van der Waals surface area contributed by atoms with Gasteiger partial charge in [0.25, 0.3) is 0 Å². The lowest BCUT2D eigenvalue weighted by atomic mass is 10.1. The van der Waals surface area contributed by atoms with Gasteiger partial charge in [0.1, 0.15) is 0 Å². The van der Waals surface area contributed by atoms with Crippen LogP contribution in [0.1, 0.15) is 5.56 Å². The van der Waals surface area contributed by atoms with Gasteiger partial charge in [0, 0.05) is 19.6 Å². The lowest BCUT2D eigenvalue weighted by Crippen LogP contribution is -2.22. The zero-order valence-corrected chi connectivity index (χ0v) is 6.93. The van der Waals surface area contributed by atoms with Gasteiger partial charge in [-0.15, -0.1) is 0 Å². The van der Waals surface area contributed by atoms with E-state index in [1.807, 2.05) is 6.07 Å². The SMILES string of the molecule is NCc1cccc2c1NCCN2. The summed E-state index contributed by atoms with van der Waals surface area (Å²) in [5, 5.41) is 6.66. The van der Waals surface area contributed by atoms with Crippen LogP contribution in [0.4, 0.5) is 11.4 Å². The Labute approximate surface area is 72.0 Å². The van der Waals surface area contributed by atoms with Gasteiger partial charge < -0.3 is 16.4 Å². The molecule has 1 heterocycles. The summed E-state index contributed by atoms with van der Waals surface area (Å²) in [6.45, 7) is 2.56. The number of nitrogens with one attached hydrogen (secondary N) is 2. The minimum Gasteiger partial charge on any atom is -0.382 e. The van der Waals surface area contributed by atoms with Crippen molar-refractivity contribution in [3.8, 4) is 0 Å². The fourth-order valence-corrected chi connectivity index (χ4v) is 1.51. The molecule has 2 rings (SSSR count). The molecule has 0 amide bonds. The molecule has 12 heavy (non-hydrogen) atoms. The molecule has 64 valence electrons. The summed E-state index contributed by atoms with van der Waals surface area (Å²) >= 11 is 0. The van der Waals surface area contributed by atoms with E-state index in [0.717, 1.165) is 13.1 Å². The van der Waals surface area contributed by atoms with Crippen LogP contribution in [0.5, 0.6) is 0 Å². The summed E-state index contributed by atoms with van der Waals surface area (Å²) < 4.78 is 0. The second kappa shape index (κ2) is 3.03. The third kappa shape index (κ3) is 1.12. The molecule has 4 N–H and O–H groups in total. The van der Waals surface area contributed by atoms with Gasteiger partial charge in [-0.25, -0.2) is 0 Å². The molecule has 3 heteroatoms. The standard InChI is InChI=1S/C9H13N3/c10-6-7-2-1-3-8-9(7)12-5-4-11-8/h1-3,11-12H,4-6,10H2. The molecule has 0 bridgehead atoms. The molecule has 0 aromatic heterocycles. The highest BCUT2D eigenvalue weighted by atomic mass is 15.0. The highest BCUT2D eigenvalue weighted by molar-refractivity contribution is 5.74. The maximum atomic E-state index is 5.61. The van der Waals surface area contributed by atoms with Crippen molar-refractivity contribution in [2.75, 3.05) is 23.7 Å². The summed E-state index contributed by atoms with van der Waals surface area (Å²) in [7, 11) is 0. The molecule has 0 unspecified atom stereocenters. The Hall–Kier alpha value is -1.22. The van der Waals surface area contributed by atoms with E-state index in [0.29, 0.717) is 6.54 Å². The number of rotatable bonds is 1. The quantitative estimate of drug-likeness (QED) is 0.578. The number of fused-ring (bicyclic) bond motifs is 1. The molecule has 1 aliphatic rings. The maximum Gasteiger partial charge on any atom is 0.0622 e. The van der Waals surface area contributed by atoms with Crippen LogP contribution in [-0.4, -0.2) is 13.1 Å². The van der Waals surface area contributed by atoms with Crippen LogP contribution >= 0.6 is 0 Å². The Morgan fingerprint density at radius 2 is 2.08 bits per heavy atom. The zero-order chi connectivity index (χ0) is 8.39. The first-order chi connectivity index (χ1) is 5.92. The van der Waals surface area contributed by atoms with Crippen molar-refractivity contribution in [1.82, 2.24) is 0 Å². The number of hydrogen-bond acceptors (Lipinski definition) is 3. The predicted octanol–water partition coefficient (Wildman–Crippen LogP) is 0.983. The molecule has 0 saturated heterocycles. The van der Waals surface area contributed by atoms with E-state index in [1.165, 1.54) is 16.9 Å². The molecule has 0 atom stereocenters. The fourth-order valence-electron chi connectivity index (χ4n) is 1.51. The first kappa shape index (κ1) is 7.43. The molecular formula is C9H13N3. The number of benzene rings is 1.